The number of methoxy groups -OCH3 is 1. The van der Waals surface area contributed by atoms with Crippen molar-refractivity contribution >= 4 is 0 Å². The molecule has 1 N–H and O–H groups in total. The summed E-state index contributed by atoms with van der Waals surface area (Å²) in [6.45, 7) is 4.37. The average Bonchev–Trinajstić information content (AvgIpc) is 2.11. The molecule has 0 bridgehead atoms. The number of rotatable bonds is 8. The largest absolute Gasteiger partial charge is 0.385 e. The first-order chi connectivity index (χ1) is 6.83. The summed E-state index contributed by atoms with van der Waals surface area (Å²) in [4.78, 5) is 0. The van der Waals surface area contributed by atoms with Gasteiger partial charge in [-0.25, -0.2) is 0 Å². The van der Waals surface area contributed by atoms with Gasteiger partial charge in [-0.3, -0.25) is 0 Å². The van der Waals surface area contributed by atoms with Crippen LogP contribution in [0.4, 0.5) is 0 Å². The van der Waals surface area contributed by atoms with Crippen LogP contribution >= 0.6 is 0 Å². The molecule has 1 atom stereocenters. The molecule has 0 heterocycles. The highest BCUT2D eigenvalue weighted by molar-refractivity contribution is 4.74. The van der Waals surface area contributed by atoms with Crippen molar-refractivity contribution in [1.29, 1.82) is 0 Å². The zero-order chi connectivity index (χ0) is 10.2. The molecule has 84 valence electrons. The van der Waals surface area contributed by atoms with Gasteiger partial charge in [-0.2, -0.15) is 0 Å². The molecule has 1 rings (SSSR count). The second-order valence-corrected chi connectivity index (χ2v) is 4.59. The van der Waals surface area contributed by atoms with E-state index in [1.54, 1.807) is 7.11 Å². The van der Waals surface area contributed by atoms with E-state index < -0.39 is 0 Å². The highest BCUT2D eigenvalue weighted by Gasteiger charge is 2.19. The Morgan fingerprint density at radius 3 is 2.71 bits per heavy atom. The summed E-state index contributed by atoms with van der Waals surface area (Å²) in [6, 6.07) is 0.711. The normalized spacial score (nSPS) is 19.3. The summed E-state index contributed by atoms with van der Waals surface area (Å²) in [5, 5.41) is 3.59. The number of hydrogen-bond acceptors (Lipinski definition) is 2. The van der Waals surface area contributed by atoms with Crippen LogP contribution in [0.5, 0.6) is 0 Å². The molecule has 1 aliphatic carbocycles. The van der Waals surface area contributed by atoms with Gasteiger partial charge in [-0.05, 0) is 38.6 Å². The van der Waals surface area contributed by atoms with E-state index in [4.69, 9.17) is 4.74 Å². The van der Waals surface area contributed by atoms with Crippen molar-refractivity contribution in [2.24, 2.45) is 5.92 Å². The highest BCUT2D eigenvalue weighted by atomic mass is 16.5. The molecule has 0 aromatic rings. The fourth-order valence-electron chi connectivity index (χ4n) is 2.03. The Bertz CT molecular complexity index is 134. The average molecular weight is 199 g/mol. The van der Waals surface area contributed by atoms with E-state index >= 15 is 0 Å². The van der Waals surface area contributed by atoms with Gasteiger partial charge in [0.1, 0.15) is 0 Å². The third kappa shape index (κ3) is 4.97. The topological polar surface area (TPSA) is 21.3 Å². The van der Waals surface area contributed by atoms with Crippen LogP contribution in [0, 0.1) is 5.92 Å². The Labute approximate surface area is 88.4 Å². The third-order valence-corrected chi connectivity index (χ3v) is 3.18. The Morgan fingerprint density at radius 2 is 2.14 bits per heavy atom. The van der Waals surface area contributed by atoms with Gasteiger partial charge in [0.2, 0.25) is 0 Å². The minimum absolute atomic E-state index is 0.711. The molecule has 14 heavy (non-hydrogen) atoms. The van der Waals surface area contributed by atoms with E-state index in [9.17, 15) is 0 Å². The minimum Gasteiger partial charge on any atom is -0.385 e. The molecule has 2 nitrogen and oxygen atoms in total. The van der Waals surface area contributed by atoms with E-state index in [2.05, 4.69) is 12.2 Å². The van der Waals surface area contributed by atoms with Crippen LogP contribution in [0.3, 0.4) is 0 Å². The molecule has 0 aromatic carbocycles. The molecule has 1 fully saturated rings. The lowest BCUT2D eigenvalue weighted by molar-refractivity contribution is 0.191. The van der Waals surface area contributed by atoms with Crippen molar-refractivity contribution in [2.45, 2.75) is 51.5 Å². The van der Waals surface area contributed by atoms with Crippen LogP contribution in [0.15, 0.2) is 0 Å². The van der Waals surface area contributed by atoms with E-state index in [0.717, 1.165) is 19.1 Å². The summed E-state index contributed by atoms with van der Waals surface area (Å²) in [5.74, 6) is 1.02. The Kier molecular flexibility index (Phi) is 6.20. The smallest absolute Gasteiger partial charge is 0.0462 e. The fourth-order valence-corrected chi connectivity index (χ4v) is 2.03. The van der Waals surface area contributed by atoms with Crippen LogP contribution in [0.25, 0.3) is 0 Å². The lowest BCUT2D eigenvalue weighted by Gasteiger charge is -2.28. The van der Waals surface area contributed by atoms with Crippen molar-refractivity contribution in [1.82, 2.24) is 5.32 Å². The van der Waals surface area contributed by atoms with Crippen LogP contribution in [-0.4, -0.2) is 26.3 Å². The Hall–Kier alpha value is -0.0800. The van der Waals surface area contributed by atoms with Crippen molar-refractivity contribution in [3.05, 3.63) is 0 Å². The maximum Gasteiger partial charge on any atom is 0.0462 e. The Morgan fingerprint density at radius 1 is 1.36 bits per heavy atom. The lowest BCUT2D eigenvalue weighted by Crippen LogP contribution is -2.31. The molecule has 0 spiro atoms. The third-order valence-electron chi connectivity index (χ3n) is 3.18. The molecule has 2 heteroatoms. The number of ether oxygens (including phenoxy) is 1. The summed E-state index contributed by atoms with van der Waals surface area (Å²) >= 11 is 0. The van der Waals surface area contributed by atoms with E-state index in [0.29, 0.717) is 6.04 Å². The molecular weight excluding hydrogens is 174 g/mol. The van der Waals surface area contributed by atoms with Crippen LogP contribution in [0.2, 0.25) is 0 Å². The molecular formula is C12H25NO. The maximum absolute atomic E-state index is 5.01. The number of hydrogen-bond donors (Lipinski definition) is 1. The SMILES string of the molecule is COCCCCNC(C)CC1CCC1. The number of unbranched alkanes of at least 4 members (excludes halogenated alkanes) is 1. The molecule has 0 amide bonds. The van der Waals surface area contributed by atoms with Crippen LogP contribution in [-0.2, 0) is 4.74 Å². The van der Waals surface area contributed by atoms with Gasteiger partial charge in [0.25, 0.3) is 0 Å². The first-order valence-electron chi connectivity index (χ1n) is 6.05. The van der Waals surface area contributed by atoms with E-state index in [1.165, 1.54) is 38.5 Å². The zero-order valence-corrected chi connectivity index (χ0v) is 9.72. The first kappa shape index (κ1) is 12.0. The van der Waals surface area contributed by atoms with Gasteiger partial charge in [0.15, 0.2) is 0 Å². The maximum atomic E-state index is 5.01. The van der Waals surface area contributed by atoms with Crippen molar-refractivity contribution in [3.63, 3.8) is 0 Å². The summed E-state index contributed by atoms with van der Waals surface area (Å²) in [7, 11) is 1.77. The molecule has 1 saturated carbocycles. The zero-order valence-electron chi connectivity index (χ0n) is 9.72. The quantitative estimate of drug-likeness (QED) is 0.607. The molecule has 1 unspecified atom stereocenters. The standard InChI is InChI=1S/C12H25NO/c1-11(10-12-6-5-7-12)13-8-3-4-9-14-2/h11-13H,3-10H2,1-2H3. The minimum atomic E-state index is 0.711. The van der Waals surface area contributed by atoms with Crippen LogP contribution in [0.1, 0.15) is 45.4 Å². The van der Waals surface area contributed by atoms with E-state index in [1.807, 2.05) is 0 Å². The molecule has 0 saturated heterocycles. The predicted molar refractivity (Wildman–Crippen MR) is 60.5 cm³/mol. The van der Waals surface area contributed by atoms with Gasteiger partial charge in [0, 0.05) is 19.8 Å². The highest BCUT2D eigenvalue weighted by Crippen LogP contribution is 2.30. The van der Waals surface area contributed by atoms with Crippen LogP contribution < -0.4 is 5.32 Å². The predicted octanol–water partition coefficient (Wildman–Crippen LogP) is 2.58. The molecule has 1 aliphatic rings. The molecule has 0 aromatic heterocycles. The molecule has 0 aliphatic heterocycles. The lowest BCUT2D eigenvalue weighted by atomic mass is 9.81. The van der Waals surface area contributed by atoms with Gasteiger partial charge in [-0.15, -0.1) is 0 Å². The fraction of sp³-hybridized carbons (Fsp3) is 1.00. The van der Waals surface area contributed by atoms with Crippen molar-refractivity contribution in [3.8, 4) is 0 Å². The summed E-state index contributed by atoms with van der Waals surface area (Å²) in [6.07, 6.45) is 8.20. The van der Waals surface area contributed by atoms with Gasteiger partial charge in [0.05, 0.1) is 0 Å². The van der Waals surface area contributed by atoms with Gasteiger partial charge < -0.3 is 10.1 Å². The van der Waals surface area contributed by atoms with Crippen molar-refractivity contribution < 1.29 is 4.74 Å². The molecule has 0 radical (unpaired) electrons. The number of nitrogens with one attached hydrogen (secondary N) is 1. The van der Waals surface area contributed by atoms with Gasteiger partial charge >= 0.3 is 0 Å². The first-order valence-corrected chi connectivity index (χ1v) is 6.05. The second-order valence-electron chi connectivity index (χ2n) is 4.59. The summed E-state index contributed by atoms with van der Waals surface area (Å²) < 4.78 is 5.01. The summed E-state index contributed by atoms with van der Waals surface area (Å²) in [5.41, 5.74) is 0. The second kappa shape index (κ2) is 7.24. The monoisotopic (exact) mass is 199 g/mol. The Balaban J connectivity index is 1.84. The van der Waals surface area contributed by atoms with Crippen molar-refractivity contribution in [2.75, 3.05) is 20.3 Å². The van der Waals surface area contributed by atoms with E-state index in [-0.39, 0.29) is 0 Å². The van der Waals surface area contributed by atoms with Gasteiger partial charge in [-0.1, -0.05) is 19.3 Å².